The topological polar surface area (TPSA) is 49.9 Å². The van der Waals surface area contributed by atoms with Crippen molar-refractivity contribution in [3.05, 3.63) is 29.8 Å². The van der Waals surface area contributed by atoms with E-state index in [1.807, 2.05) is 23.1 Å². The molecule has 1 amide bonds. The summed E-state index contributed by atoms with van der Waals surface area (Å²) in [6.45, 7) is 2.97. The molecule has 1 aliphatic heterocycles. The lowest BCUT2D eigenvalue weighted by atomic mass is 9.84. The fourth-order valence-electron chi connectivity index (χ4n) is 3.11. The van der Waals surface area contributed by atoms with Crippen molar-refractivity contribution in [2.45, 2.75) is 19.3 Å². The Morgan fingerprint density at radius 1 is 1.09 bits per heavy atom. The van der Waals surface area contributed by atoms with Gasteiger partial charge in [0.2, 0.25) is 5.91 Å². The smallest absolute Gasteiger partial charge is 0.339 e. The lowest BCUT2D eigenvalue weighted by molar-refractivity contribution is -0.138. The van der Waals surface area contributed by atoms with E-state index in [1.54, 1.807) is 6.07 Å². The zero-order valence-corrected chi connectivity index (χ0v) is 13.0. The second-order valence-electron chi connectivity index (χ2n) is 5.95. The summed E-state index contributed by atoms with van der Waals surface area (Å²) in [5.41, 5.74) is 1.48. The molecular weight excluding hydrogens is 280 g/mol. The summed E-state index contributed by atoms with van der Waals surface area (Å²) < 4.78 is 4.85. The van der Waals surface area contributed by atoms with Gasteiger partial charge >= 0.3 is 5.97 Å². The van der Waals surface area contributed by atoms with Crippen molar-refractivity contribution in [1.82, 2.24) is 4.90 Å². The molecule has 3 rings (SSSR count). The van der Waals surface area contributed by atoms with Crippen LogP contribution in [0.25, 0.3) is 0 Å². The first-order valence-corrected chi connectivity index (χ1v) is 7.92. The summed E-state index contributed by atoms with van der Waals surface area (Å²) in [6.07, 6.45) is 3.28. The van der Waals surface area contributed by atoms with Gasteiger partial charge < -0.3 is 14.5 Å². The molecule has 1 heterocycles. The average molecular weight is 302 g/mol. The molecule has 0 aromatic heterocycles. The maximum Gasteiger partial charge on any atom is 0.339 e. The molecule has 2 fully saturated rings. The van der Waals surface area contributed by atoms with Crippen LogP contribution in [0.15, 0.2) is 24.3 Å². The molecule has 0 bridgehead atoms. The van der Waals surface area contributed by atoms with Gasteiger partial charge in [0, 0.05) is 32.1 Å². The zero-order valence-electron chi connectivity index (χ0n) is 13.0. The Labute approximate surface area is 130 Å². The Hall–Kier alpha value is -2.04. The third-order valence-corrected chi connectivity index (χ3v) is 4.70. The van der Waals surface area contributed by atoms with Crippen molar-refractivity contribution in [1.29, 1.82) is 0 Å². The summed E-state index contributed by atoms with van der Waals surface area (Å²) in [6, 6.07) is 7.49. The van der Waals surface area contributed by atoms with Crippen LogP contribution < -0.4 is 4.90 Å². The summed E-state index contributed by atoms with van der Waals surface area (Å²) in [5, 5.41) is 0. The van der Waals surface area contributed by atoms with E-state index in [-0.39, 0.29) is 11.9 Å². The molecule has 22 heavy (non-hydrogen) atoms. The summed E-state index contributed by atoms with van der Waals surface area (Å²) >= 11 is 0. The number of nitrogens with zero attached hydrogens (tertiary/aromatic N) is 2. The number of benzene rings is 1. The van der Waals surface area contributed by atoms with Gasteiger partial charge in [-0.1, -0.05) is 18.6 Å². The number of anilines is 1. The highest BCUT2D eigenvalue weighted by Gasteiger charge is 2.31. The second kappa shape index (κ2) is 6.38. The molecule has 1 saturated carbocycles. The first kappa shape index (κ1) is 14.9. The quantitative estimate of drug-likeness (QED) is 0.801. The fraction of sp³-hybridized carbons (Fsp3) is 0.529. The van der Waals surface area contributed by atoms with Gasteiger partial charge in [0.15, 0.2) is 0 Å². The van der Waals surface area contributed by atoms with Crippen molar-refractivity contribution in [3.63, 3.8) is 0 Å². The Kier molecular flexibility index (Phi) is 4.32. The number of piperazine rings is 1. The highest BCUT2D eigenvalue weighted by atomic mass is 16.5. The average Bonchev–Trinajstić information content (AvgIpc) is 2.52. The van der Waals surface area contributed by atoms with E-state index in [0.29, 0.717) is 11.5 Å². The number of carbonyl (C=O) groups is 2. The predicted octanol–water partition coefficient (Wildman–Crippen LogP) is 1.92. The van der Waals surface area contributed by atoms with Gasteiger partial charge in [-0.3, -0.25) is 4.79 Å². The maximum absolute atomic E-state index is 12.3. The van der Waals surface area contributed by atoms with Crippen LogP contribution in [0.4, 0.5) is 5.69 Å². The first-order chi connectivity index (χ1) is 10.7. The van der Waals surface area contributed by atoms with Crippen molar-refractivity contribution in [2.24, 2.45) is 5.92 Å². The van der Waals surface area contributed by atoms with Crippen molar-refractivity contribution >= 4 is 17.6 Å². The van der Waals surface area contributed by atoms with E-state index in [1.165, 1.54) is 13.5 Å². The highest BCUT2D eigenvalue weighted by molar-refractivity contribution is 5.95. The van der Waals surface area contributed by atoms with Crippen LogP contribution in [-0.4, -0.2) is 50.1 Å². The van der Waals surface area contributed by atoms with E-state index >= 15 is 0 Å². The van der Waals surface area contributed by atoms with Crippen molar-refractivity contribution in [2.75, 3.05) is 38.2 Å². The Balaban J connectivity index is 1.66. The molecule has 0 unspecified atom stereocenters. The predicted molar refractivity (Wildman–Crippen MR) is 83.9 cm³/mol. The molecule has 1 saturated heterocycles. The number of carbonyl (C=O) groups excluding carboxylic acids is 2. The van der Waals surface area contributed by atoms with Gasteiger partial charge in [-0.2, -0.15) is 0 Å². The molecule has 1 aromatic rings. The van der Waals surface area contributed by atoms with Crippen molar-refractivity contribution < 1.29 is 14.3 Å². The number of methoxy groups -OCH3 is 1. The summed E-state index contributed by atoms with van der Waals surface area (Å²) in [4.78, 5) is 28.3. The molecule has 2 aliphatic rings. The van der Waals surface area contributed by atoms with Gasteiger partial charge in [0.1, 0.15) is 0 Å². The van der Waals surface area contributed by atoms with E-state index in [9.17, 15) is 9.59 Å². The van der Waals surface area contributed by atoms with Gasteiger partial charge in [0.25, 0.3) is 0 Å². The number of amides is 1. The van der Waals surface area contributed by atoms with Crippen LogP contribution in [0.1, 0.15) is 29.6 Å². The van der Waals surface area contributed by atoms with E-state index in [4.69, 9.17) is 4.74 Å². The molecule has 1 aromatic carbocycles. The number of hydrogen-bond acceptors (Lipinski definition) is 4. The van der Waals surface area contributed by atoms with Crippen molar-refractivity contribution in [3.8, 4) is 0 Å². The van der Waals surface area contributed by atoms with Gasteiger partial charge in [-0.15, -0.1) is 0 Å². The first-order valence-electron chi connectivity index (χ1n) is 7.92. The number of esters is 1. The second-order valence-corrected chi connectivity index (χ2v) is 5.95. The minimum atomic E-state index is -0.316. The molecule has 118 valence electrons. The summed E-state index contributed by atoms with van der Waals surface area (Å²) in [5.74, 6) is 0.254. The molecule has 0 radical (unpaired) electrons. The molecule has 1 aliphatic carbocycles. The maximum atomic E-state index is 12.3. The van der Waals surface area contributed by atoms with Crippen LogP contribution >= 0.6 is 0 Å². The molecule has 0 atom stereocenters. The lowest BCUT2D eigenvalue weighted by Crippen LogP contribution is -2.51. The molecule has 0 N–H and O–H groups in total. The summed E-state index contributed by atoms with van der Waals surface area (Å²) in [7, 11) is 1.40. The number of hydrogen-bond donors (Lipinski definition) is 0. The molecule has 5 nitrogen and oxygen atoms in total. The minimum absolute atomic E-state index is 0.258. The van der Waals surface area contributed by atoms with Crippen LogP contribution in [0.5, 0.6) is 0 Å². The Morgan fingerprint density at radius 3 is 2.36 bits per heavy atom. The number of ether oxygens (including phenoxy) is 1. The van der Waals surface area contributed by atoms with Gasteiger partial charge in [-0.05, 0) is 25.0 Å². The zero-order chi connectivity index (χ0) is 15.5. The number of para-hydroxylation sites is 1. The lowest BCUT2D eigenvalue weighted by Gasteiger charge is -2.39. The van der Waals surface area contributed by atoms with E-state index in [0.717, 1.165) is 44.7 Å². The van der Waals surface area contributed by atoms with Gasteiger partial charge in [0.05, 0.1) is 18.4 Å². The highest BCUT2D eigenvalue weighted by Crippen LogP contribution is 2.29. The third-order valence-electron chi connectivity index (χ3n) is 4.70. The largest absolute Gasteiger partial charge is 0.465 e. The van der Waals surface area contributed by atoms with E-state index < -0.39 is 0 Å². The Bertz CT molecular complexity index is 561. The van der Waals surface area contributed by atoms with Gasteiger partial charge in [-0.25, -0.2) is 4.79 Å². The SMILES string of the molecule is COC(=O)c1ccccc1N1CCN(C(=O)C2CCC2)CC1. The van der Waals surface area contributed by atoms with Crippen LogP contribution in [0.2, 0.25) is 0 Å². The fourth-order valence-corrected chi connectivity index (χ4v) is 3.11. The van der Waals surface area contributed by atoms with E-state index in [2.05, 4.69) is 4.90 Å². The van der Waals surface area contributed by atoms with Crippen LogP contribution in [0, 0.1) is 5.92 Å². The number of rotatable bonds is 3. The standard InChI is InChI=1S/C17H22N2O3/c1-22-17(21)14-7-2-3-8-15(14)18-9-11-19(12-10-18)16(20)13-5-4-6-13/h2-3,7-8,13H,4-6,9-12H2,1H3. The Morgan fingerprint density at radius 2 is 1.77 bits per heavy atom. The third kappa shape index (κ3) is 2.80. The van der Waals surface area contributed by atoms with Crippen LogP contribution in [0.3, 0.4) is 0 Å². The molecular formula is C17H22N2O3. The minimum Gasteiger partial charge on any atom is -0.465 e. The molecule has 5 heteroatoms. The normalized spacial score (nSPS) is 18.8. The monoisotopic (exact) mass is 302 g/mol. The van der Waals surface area contributed by atoms with Crippen LogP contribution in [-0.2, 0) is 9.53 Å². The molecule has 0 spiro atoms.